The fourth-order valence-corrected chi connectivity index (χ4v) is 4.58. The lowest BCUT2D eigenvalue weighted by molar-refractivity contribution is -0.136. The molecule has 0 saturated carbocycles. The third-order valence-corrected chi connectivity index (χ3v) is 6.39. The molecule has 4 rings (SSSR count). The highest BCUT2D eigenvalue weighted by Crippen LogP contribution is 2.39. The molecule has 1 N–H and O–H groups in total. The summed E-state index contributed by atoms with van der Waals surface area (Å²) < 4.78 is 40.4. The summed E-state index contributed by atoms with van der Waals surface area (Å²) in [6.45, 7) is 1.21. The molecule has 32 heavy (non-hydrogen) atoms. The first-order valence-corrected chi connectivity index (χ1v) is 10.9. The van der Waals surface area contributed by atoms with Crippen molar-refractivity contribution >= 4 is 34.2 Å². The zero-order valence-corrected chi connectivity index (χ0v) is 18.0. The number of aromatic amines is 1. The van der Waals surface area contributed by atoms with E-state index in [0.717, 1.165) is 25.0 Å². The fourth-order valence-electron chi connectivity index (χ4n) is 4.37. The summed E-state index contributed by atoms with van der Waals surface area (Å²) in [6.07, 6.45) is -1.89. The lowest BCUT2D eigenvalue weighted by Crippen LogP contribution is -2.38. The minimum absolute atomic E-state index is 0.0383. The van der Waals surface area contributed by atoms with Crippen LogP contribution in [0.15, 0.2) is 48.7 Å². The number of hydrogen-bond acceptors (Lipinski definition) is 2. The van der Waals surface area contributed by atoms with Crippen LogP contribution in [0.1, 0.15) is 53.1 Å². The van der Waals surface area contributed by atoms with Gasteiger partial charge in [0.2, 0.25) is 5.91 Å². The highest BCUT2D eigenvalue weighted by atomic mass is 35.5. The van der Waals surface area contributed by atoms with Crippen LogP contribution in [0.2, 0.25) is 5.02 Å². The maximum absolute atomic E-state index is 13.5. The number of Topliss-reactive ketones (excluding diaryl/α,β-unsaturated/α-hetero) is 1. The number of fused-ring (bicyclic) bond motifs is 1. The largest absolute Gasteiger partial charge is 0.417 e. The Morgan fingerprint density at radius 2 is 1.72 bits per heavy atom. The normalized spacial score (nSPS) is 15.3. The van der Waals surface area contributed by atoms with E-state index in [1.54, 1.807) is 4.90 Å². The Morgan fingerprint density at radius 1 is 1.03 bits per heavy atom. The molecule has 2 aromatic carbocycles. The molecular formula is C24H22ClF3N2O2. The molecule has 1 saturated heterocycles. The van der Waals surface area contributed by atoms with E-state index in [1.165, 1.54) is 11.8 Å². The number of carbonyl (C=O) groups is 2. The van der Waals surface area contributed by atoms with Crippen LogP contribution >= 0.6 is 11.6 Å². The van der Waals surface area contributed by atoms with Crippen LogP contribution < -0.4 is 0 Å². The third kappa shape index (κ3) is 4.53. The van der Waals surface area contributed by atoms with Crippen molar-refractivity contribution in [2.45, 2.75) is 37.8 Å². The van der Waals surface area contributed by atoms with Crippen molar-refractivity contribution in [2.75, 3.05) is 13.1 Å². The summed E-state index contributed by atoms with van der Waals surface area (Å²) in [4.78, 5) is 29.8. The van der Waals surface area contributed by atoms with Gasteiger partial charge in [0, 0.05) is 43.1 Å². The molecule has 2 heterocycles. The molecule has 0 bridgehead atoms. The van der Waals surface area contributed by atoms with Gasteiger partial charge in [-0.1, -0.05) is 41.9 Å². The number of likely N-dealkylation sites (tertiary alicyclic amines) is 1. The minimum atomic E-state index is -4.63. The topological polar surface area (TPSA) is 53.2 Å². The molecule has 4 nitrogen and oxygen atoms in total. The highest BCUT2D eigenvalue weighted by Gasteiger charge is 2.35. The molecule has 1 amide bonds. The Morgan fingerprint density at radius 3 is 2.38 bits per heavy atom. The van der Waals surface area contributed by atoms with Crippen molar-refractivity contribution in [3.05, 3.63) is 70.4 Å². The van der Waals surface area contributed by atoms with Crippen molar-refractivity contribution in [3.63, 3.8) is 0 Å². The molecule has 1 aliphatic rings. The van der Waals surface area contributed by atoms with Gasteiger partial charge in [-0.2, -0.15) is 13.2 Å². The van der Waals surface area contributed by atoms with Crippen LogP contribution in [0.5, 0.6) is 0 Å². The number of amides is 1. The van der Waals surface area contributed by atoms with Gasteiger partial charge in [0.05, 0.1) is 16.1 Å². The van der Waals surface area contributed by atoms with Crippen molar-refractivity contribution in [1.82, 2.24) is 9.88 Å². The zero-order valence-electron chi connectivity index (χ0n) is 17.2. The van der Waals surface area contributed by atoms with Crippen LogP contribution in [0.3, 0.4) is 0 Å². The predicted octanol–water partition coefficient (Wildman–Crippen LogP) is 6.21. The quantitative estimate of drug-likeness (QED) is 0.458. The van der Waals surface area contributed by atoms with E-state index in [4.69, 9.17) is 11.6 Å². The van der Waals surface area contributed by atoms with Crippen molar-refractivity contribution in [1.29, 1.82) is 0 Å². The maximum atomic E-state index is 13.5. The van der Waals surface area contributed by atoms with Crippen LogP contribution in [-0.4, -0.2) is 34.7 Å². The number of H-pyrrole nitrogens is 1. The Bertz CT molecular complexity index is 1130. The molecule has 8 heteroatoms. The molecule has 0 unspecified atom stereocenters. The van der Waals surface area contributed by atoms with E-state index in [1.807, 2.05) is 18.2 Å². The summed E-state index contributed by atoms with van der Waals surface area (Å²) in [6, 6.07) is 12.2. The van der Waals surface area contributed by atoms with E-state index in [0.29, 0.717) is 19.0 Å². The summed E-state index contributed by atoms with van der Waals surface area (Å²) in [7, 11) is 0. The van der Waals surface area contributed by atoms with Gasteiger partial charge in [0.15, 0.2) is 5.78 Å². The molecule has 0 spiro atoms. The first-order chi connectivity index (χ1) is 15.3. The minimum Gasteiger partial charge on any atom is -0.359 e. The molecular weight excluding hydrogens is 441 g/mol. The average Bonchev–Trinajstić information content (AvgIpc) is 3.23. The summed E-state index contributed by atoms with van der Waals surface area (Å²) in [5, 5.41) is -0.143. The number of benzene rings is 2. The lowest BCUT2D eigenvalue weighted by Gasteiger charge is -2.32. The molecule has 1 aromatic heterocycles. The first-order valence-electron chi connectivity index (χ1n) is 10.5. The van der Waals surface area contributed by atoms with Crippen LogP contribution in [0.25, 0.3) is 10.9 Å². The highest BCUT2D eigenvalue weighted by molar-refractivity contribution is 6.35. The molecule has 1 aliphatic heterocycles. The van der Waals surface area contributed by atoms with E-state index in [2.05, 4.69) is 17.1 Å². The Hall–Kier alpha value is -2.80. The SMILES string of the molecule is O=C(CCC(=O)N1CCC(c2ccccc2)CC1)c1c[nH]c2c(Cl)ccc(C(F)(F)F)c12. The molecule has 0 radical (unpaired) electrons. The van der Waals surface area contributed by atoms with Gasteiger partial charge in [-0.25, -0.2) is 0 Å². The molecule has 3 aromatic rings. The molecule has 1 fully saturated rings. The third-order valence-electron chi connectivity index (χ3n) is 6.08. The zero-order chi connectivity index (χ0) is 22.9. The number of halogens is 4. The number of nitrogens with zero attached hydrogens (tertiary/aromatic N) is 1. The summed E-state index contributed by atoms with van der Waals surface area (Å²) in [5.74, 6) is -0.269. The Kier molecular flexibility index (Phi) is 6.29. The van der Waals surface area contributed by atoms with E-state index in [-0.39, 0.29) is 40.2 Å². The van der Waals surface area contributed by atoms with Gasteiger partial charge in [-0.05, 0) is 36.5 Å². The number of carbonyl (C=O) groups excluding carboxylic acids is 2. The smallest absolute Gasteiger partial charge is 0.359 e. The van der Waals surface area contributed by atoms with Gasteiger partial charge in [0.25, 0.3) is 0 Å². The second-order valence-electron chi connectivity index (χ2n) is 8.03. The van der Waals surface area contributed by atoms with E-state index >= 15 is 0 Å². The monoisotopic (exact) mass is 462 g/mol. The van der Waals surface area contributed by atoms with Crippen LogP contribution in [-0.2, 0) is 11.0 Å². The van der Waals surface area contributed by atoms with Crippen molar-refractivity contribution in [2.24, 2.45) is 0 Å². The number of piperidine rings is 1. The number of rotatable bonds is 5. The van der Waals surface area contributed by atoms with Crippen LogP contribution in [0.4, 0.5) is 13.2 Å². The van der Waals surface area contributed by atoms with Crippen LogP contribution in [0, 0.1) is 0 Å². The first kappa shape index (κ1) is 22.4. The van der Waals surface area contributed by atoms with Crippen molar-refractivity contribution in [3.8, 4) is 0 Å². The number of aromatic nitrogens is 1. The summed E-state index contributed by atoms with van der Waals surface area (Å²) in [5.41, 5.74) is 0.314. The predicted molar refractivity (Wildman–Crippen MR) is 117 cm³/mol. The second-order valence-corrected chi connectivity index (χ2v) is 8.44. The standard InChI is InChI=1S/C24H22ClF3N2O2/c25-19-7-6-18(24(26,27)28)22-17(14-29-23(19)22)20(31)8-9-21(32)30-12-10-16(11-13-30)15-4-2-1-3-5-15/h1-7,14,16,29H,8-13H2. The van der Waals surface area contributed by atoms with Gasteiger partial charge in [-0.3, -0.25) is 9.59 Å². The second kappa shape index (κ2) is 8.98. The Balaban J connectivity index is 1.41. The number of hydrogen-bond donors (Lipinski definition) is 1. The van der Waals surface area contributed by atoms with Gasteiger partial charge in [-0.15, -0.1) is 0 Å². The van der Waals surface area contributed by atoms with E-state index < -0.39 is 17.5 Å². The van der Waals surface area contributed by atoms with E-state index in [9.17, 15) is 22.8 Å². The molecule has 0 aliphatic carbocycles. The number of ketones is 1. The molecule has 168 valence electrons. The average molecular weight is 463 g/mol. The van der Waals surface area contributed by atoms with Gasteiger partial charge in [0.1, 0.15) is 0 Å². The molecule has 0 atom stereocenters. The summed E-state index contributed by atoms with van der Waals surface area (Å²) >= 11 is 6.01. The lowest BCUT2D eigenvalue weighted by atomic mass is 9.89. The Labute approximate surface area is 188 Å². The fraction of sp³-hybridized carbons (Fsp3) is 0.333. The number of nitrogens with one attached hydrogen (secondary N) is 1. The maximum Gasteiger partial charge on any atom is 0.417 e. The van der Waals surface area contributed by atoms with Gasteiger partial charge >= 0.3 is 6.18 Å². The van der Waals surface area contributed by atoms with Gasteiger partial charge < -0.3 is 9.88 Å². The van der Waals surface area contributed by atoms with Crippen molar-refractivity contribution < 1.29 is 22.8 Å². The number of alkyl halides is 3.